The third kappa shape index (κ3) is 5.65. The lowest BCUT2D eigenvalue weighted by molar-refractivity contribution is -0.191. The van der Waals surface area contributed by atoms with E-state index in [-0.39, 0.29) is 0 Å². The molecule has 204 valence electrons. The maximum Gasteiger partial charge on any atom is 0.226 e. The average molecular weight is 519 g/mol. The summed E-state index contributed by atoms with van der Waals surface area (Å²) in [5.41, 5.74) is 4.57. The molecule has 3 aliphatic rings. The van der Waals surface area contributed by atoms with Crippen LogP contribution in [0.3, 0.4) is 0 Å². The zero-order valence-electron chi connectivity index (χ0n) is 23.0. The minimum Gasteiger partial charge on any atom is -0.380 e. The van der Waals surface area contributed by atoms with Crippen LogP contribution in [-0.4, -0.2) is 82.8 Å². The molecule has 0 radical (unpaired) electrons. The second-order valence-corrected chi connectivity index (χ2v) is 11.9. The molecule has 3 aromatic rings. The number of rotatable bonds is 12. The van der Waals surface area contributed by atoms with Crippen LogP contribution in [0, 0.1) is 5.41 Å². The van der Waals surface area contributed by atoms with Crippen molar-refractivity contribution in [3.8, 4) is 0 Å². The molecule has 3 fully saturated rings. The smallest absolute Gasteiger partial charge is 0.226 e. The molecule has 6 rings (SSSR count). The molecule has 0 unspecified atom stereocenters. The first kappa shape index (κ1) is 25.5. The van der Waals surface area contributed by atoms with Gasteiger partial charge in [-0.25, -0.2) is 4.98 Å². The summed E-state index contributed by atoms with van der Waals surface area (Å²) in [4.78, 5) is 19.3. The van der Waals surface area contributed by atoms with Crippen molar-refractivity contribution < 1.29 is 4.74 Å². The molecule has 4 heterocycles. The zero-order valence-corrected chi connectivity index (χ0v) is 23.0. The van der Waals surface area contributed by atoms with Crippen molar-refractivity contribution in [1.82, 2.24) is 29.3 Å². The van der Waals surface area contributed by atoms with E-state index in [0.29, 0.717) is 17.4 Å². The van der Waals surface area contributed by atoms with Gasteiger partial charge in [-0.3, -0.25) is 4.90 Å². The molecular formula is C29H42N8O. The van der Waals surface area contributed by atoms with Crippen molar-refractivity contribution >= 4 is 28.6 Å². The number of fused-ring (bicyclic) bond motifs is 1. The second-order valence-electron chi connectivity index (χ2n) is 11.9. The van der Waals surface area contributed by atoms with Gasteiger partial charge in [0.15, 0.2) is 17.0 Å². The highest BCUT2D eigenvalue weighted by atomic mass is 16.5. The van der Waals surface area contributed by atoms with Gasteiger partial charge in [0.25, 0.3) is 0 Å². The van der Waals surface area contributed by atoms with E-state index in [0.717, 1.165) is 75.0 Å². The SMILES string of the molecule is CN(C)CCCCCNc1nc(Nc2ccc(CN3CC4(COC4)C3)cc2)c2ncn(C3CCCC3)c2n1. The van der Waals surface area contributed by atoms with Gasteiger partial charge in [0.2, 0.25) is 5.95 Å². The van der Waals surface area contributed by atoms with Gasteiger partial charge in [-0.1, -0.05) is 31.4 Å². The summed E-state index contributed by atoms with van der Waals surface area (Å²) in [6.07, 6.45) is 10.4. The lowest BCUT2D eigenvalue weighted by Gasteiger charge is -2.55. The van der Waals surface area contributed by atoms with Crippen LogP contribution < -0.4 is 10.6 Å². The Bertz CT molecular complexity index is 1210. The zero-order chi connectivity index (χ0) is 26.0. The molecule has 1 aromatic carbocycles. The van der Waals surface area contributed by atoms with Crippen molar-refractivity contribution in [3.63, 3.8) is 0 Å². The van der Waals surface area contributed by atoms with Crippen molar-refractivity contribution in [2.45, 2.75) is 57.5 Å². The van der Waals surface area contributed by atoms with Gasteiger partial charge in [-0.15, -0.1) is 0 Å². The van der Waals surface area contributed by atoms with Gasteiger partial charge < -0.3 is 24.8 Å². The Morgan fingerprint density at radius 2 is 1.82 bits per heavy atom. The number of aromatic nitrogens is 4. The maximum atomic E-state index is 5.41. The first-order valence-corrected chi connectivity index (χ1v) is 14.4. The fourth-order valence-corrected chi connectivity index (χ4v) is 6.14. The van der Waals surface area contributed by atoms with E-state index in [1.54, 1.807) is 0 Å². The average Bonchev–Trinajstić information content (AvgIpc) is 3.53. The van der Waals surface area contributed by atoms with Crippen molar-refractivity contribution in [3.05, 3.63) is 36.2 Å². The quantitative estimate of drug-likeness (QED) is 0.335. The van der Waals surface area contributed by atoms with Crippen molar-refractivity contribution in [1.29, 1.82) is 0 Å². The lowest BCUT2D eigenvalue weighted by Crippen LogP contribution is -2.65. The largest absolute Gasteiger partial charge is 0.380 e. The fraction of sp³-hybridized carbons (Fsp3) is 0.621. The number of nitrogens with one attached hydrogen (secondary N) is 2. The van der Waals surface area contributed by atoms with E-state index < -0.39 is 0 Å². The Morgan fingerprint density at radius 3 is 2.53 bits per heavy atom. The molecule has 2 N–H and O–H groups in total. The van der Waals surface area contributed by atoms with Gasteiger partial charge in [-0.2, -0.15) is 9.97 Å². The Labute approximate surface area is 226 Å². The number of ether oxygens (including phenoxy) is 1. The number of hydrogen-bond acceptors (Lipinski definition) is 8. The highest BCUT2D eigenvalue weighted by molar-refractivity contribution is 5.86. The normalized spacial score (nSPS) is 19.2. The summed E-state index contributed by atoms with van der Waals surface area (Å²) in [6, 6.07) is 9.21. The predicted molar refractivity (Wildman–Crippen MR) is 152 cm³/mol. The summed E-state index contributed by atoms with van der Waals surface area (Å²) < 4.78 is 7.68. The topological polar surface area (TPSA) is 83.4 Å². The molecule has 2 aliphatic heterocycles. The van der Waals surface area contributed by atoms with Crippen LogP contribution in [-0.2, 0) is 11.3 Å². The first-order valence-electron chi connectivity index (χ1n) is 14.4. The van der Waals surface area contributed by atoms with Gasteiger partial charge >= 0.3 is 0 Å². The molecule has 1 aliphatic carbocycles. The van der Waals surface area contributed by atoms with E-state index in [4.69, 9.17) is 19.7 Å². The van der Waals surface area contributed by atoms with E-state index in [1.165, 1.54) is 44.1 Å². The minimum absolute atomic E-state index is 0.458. The molecule has 38 heavy (non-hydrogen) atoms. The van der Waals surface area contributed by atoms with E-state index in [1.807, 2.05) is 6.33 Å². The van der Waals surface area contributed by atoms with Crippen molar-refractivity contribution in [2.24, 2.45) is 5.41 Å². The molecule has 0 amide bonds. The van der Waals surface area contributed by atoms with Crippen LogP contribution in [0.5, 0.6) is 0 Å². The second kappa shape index (κ2) is 11.2. The number of imidazole rings is 1. The summed E-state index contributed by atoms with van der Waals surface area (Å²) >= 11 is 0. The monoisotopic (exact) mass is 518 g/mol. The standard InChI is InChI=1S/C29H42N8O/c1-35(2)15-7-3-6-14-30-28-33-26(25-27(34-28)37(21-31-25)24-8-4-5-9-24)32-23-12-10-22(11-13-23)16-36-17-29(18-36)19-38-20-29/h10-13,21,24H,3-9,14-20H2,1-2H3,(H2,30,32,33,34). The highest BCUT2D eigenvalue weighted by Crippen LogP contribution is 2.38. The summed E-state index contributed by atoms with van der Waals surface area (Å²) in [5.74, 6) is 1.44. The molecular weight excluding hydrogens is 476 g/mol. The number of nitrogens with zero attached hydrogens (tertiary/aromatic N) is 6. The predicted octanol–water partition coefficient (Wildman–Crippen LogP) is 4.66. The summed E-state index contributed by atoms with van der Waals surface area (Å²) in [6.45, 7) is 7.17. The number of hydrogen-bond donors (Lipinski definition) is 2. The molecule has 1 spiro atoms. The van der Waals surface area contributed by atoms with Crippen LogP contribution in [0.1, 0.15) is 56.6 Å². The van der Waals surface area contributed by atoms with Crippen molar-refractivity contribution in [2.75, 3.05) is 64.1 Å². The van der Waals surface area contributed by atoms with Gasteiger partial charge in [0.05, 0.1) is 19.5 Å². The minimum atomic E-state index is 0.458. The fourth-order valence-electron chi connectivity index (χ4n) is 6.14. The number of benzene rings is 1. The molecule has 9 heteroatoms. The van der Waals surface area contributed by atoms with Gasteiger partial charge in [-0.05, 0) is 64.0 Å². The van der Waals surface area contributed by atoms with Crippen LogP contribution >= 0.6 is 0 Å². The van der Waals surface area contributed by atoms with Crippen LogP contribution in [0.4, 0.5) is 17.5 Å². The first-order chi connectivity index (χ1) is 18.6. The maximum absolute atomic E-state index is 5.41. The molecule has 0 atom stereocenters. The number of anilines is 3. The van der Waals surface area contributed by atoms with Crippen LogP contribution in [0.25, 0.3) is 11.2 Å². The third-order valence-electron chi connectivity index (χ3n) is 8.26. The Kier molecular flexibility index (Phi) is 7.50. The molecule has 2 aromatic heterocycles. The Balaban J connectivity index is 1.14. The molecule has 1 saturated carbocycles. The lowest BCUT2D eigenvalue weighted by atomic mass is 9.78. The molecule has 9 nitrogen and oxygen atoms in total. The van der Waals surface area contributed by atoms with Gasteiger partial charge in [0.1, 0.15) is 0 Å². The summed E-state index contributed by atoms with van der Waals surface area (Å²) in [7, 11) is 4.26. The van der Waals surface area contributed by atoms with E-state index >= 15 is 0 Å². The van der Waals surface area contributed by atoms with E-state index in [9.17, 15) is 0 Å². The number of unbranched alkanes of at least 4 members (excludes halogenated alkanes) is 2. The van der Waals surface area contributed by atoms with Crippen LogP contribution in [0.2, 0.25) is 0 Å². The Hall–Kier alpha value is -2.75. The molecule has 0 bridgehead atoms. The highest BCUT2D eigenvalue weighted by Gasteiger charge is 2.48. The Morgan fingerprint density at radius 1 is 1.03 bits per heavy atom. The van der Waals surface area contributed by atoms with E-state index in [2.05, 4.69) is 63.4 Å². The van der Waals surface area contributed by atoms with Gasteiger partial charge in [0, 0.05) is 43.3 Å². The molecule has 2 saturated heterocycles. The third-order valence-corrected chi connectivity index (χ3v) is 8.26. The summed E-state index contributed by atoms with van der Waals surface area (Å²) in [5, 5.41) is 7.04. The number of likely N-dealkylation sites (tertiary alicyclic amines) is 1. The van der Waals surface area contributed by atoms with Crippen LogP contribution in [0.15, 0.2) is 30.6 Å².